The molecule has 96 valence electrons. The van der Waals surface area contributed by atoms with Gasteiger partial charge in [0, 0.05) is 24.2 Å². The van der Waals surface area contributed by atoms with Gasteiger partial charge in [-0.1, -0.05) is 6.42 Å². The first-order chi connectivity index (χ1) is 8.25. The van der Waals surface area contributed by atoms with E-state index in [2.05, 4.69) is 29.0 Å². The number of rotatable bonds is 5. The summed E-state index contributed by atoms with van der Waals surface area (Å²) in [5.41, 5.74) is 0. The quantitative estimate of drug-likeness (QED) is 0.874. The van der Waals surface area contributed by atoms with Crippen LogP contribution in [0.15, 0.2) is 11.6 Å². The van der Waals surface area contributed by atoms with Crippen LogP contribution in [0, 0.1) is 0 Å². The van der Waals surface area contributed by atoms with Crippen LogP contribution in [0.5, 0.6) is 0 Å². The highest BCUT2D eigenvalue weighted by Gasteiger charge is 2.16. The highest BCUT2D eigenvalue weighted by Crippen LogP contribution is 2.16. The number of piperidine rings is 1. The summed E-state index contributed by atoms with van der Waals surface area (Å²) in [6.45, 7) is 8.19. The zero-order chi connectivity index (χ0) is 12.1. The zero-order valence-electron chi connectivity index (χ0n) is 10.9. The van der Waals surface area contributed by atoms with Crippen molar-refractivity contribution < 1.29 is 0 Å². The van der Waals surface area contributed by atoms with Gasteiger partial charge in [0.15, 0.2) is 0 Å². The fraction of sp³-hybridized carbons (Fsp3) is 0.769. The normalized spacial score (nSPS) is 21.3. The van der Waals surface area contributed by atoms with Crippen LogP contribution in [-0.2, 0) is 0 Å². The molecule has 1 saturated heterocycles. The van der Waals surface area contributed by atoms with E-state index in [-0.39, 0.29) is 0 Å². The van der Waals surface area contributed by atoms with Crippen LogP contribution < -0.4 is 5.32 Å². The highest BCUT2D eigenvalue weighted by atomic mass is 32.1. The number of nitrogens with zero attached hydrogens (tertiary/aromatic N) is 2. The molecule has 0 bridgehead atoms. The SMILES string of the molecule is CC(CN1CCCCC1)NC(C)c1nccs1. The van der Waals surface area contributed by atoms with Gasteiger partial charge in [-0.3, -0.25) is 0 Å². The average Bonchev–Trinajstić information content (AvgIpc) is 2.83. The lowest BCUT2D eigenvalue weighted by atomic mass is 10.1. The Morgan fingerprint density at radius 1 is 1.35 bits per heavy atom. The fourth-order valence-corrected chi connectivity index (χ4v) is 3.18. The Morgan fingerprint density at radius 3 is 2.76 bits per heavy atom. The van der Waals surface area contributed by atoms with E-state index in [1.165, 1.54) is 37.4 Å². The Hall–Kier alpha value is -0.450. The molecule has 4 heteroatoms. The monoisotopic (exact) mass is 253 g/mol. The molecule has 1 aromatic heterocycles. The van der Waals surface area contributed by atoms with Gasteiger partial charge in [-0.15, -0.1) is 11.3 Å². The highest BCUT2D eigenvalue weighted by molar-refractivity contribution is 7.09. The molecule has 1 aliphatic rings. The fourth-order valence-electron chi connectivity index (χ4n) is 2.53. The second-order valence-corrected chi connectivity index (χ2v) is 5.95. The summed E-state index contributed by atoms with van der Waals surface area (Å²) in [6, 6.07) is 0.904. The minimum Gasteiger partial charge on any atom is -0.304 e. The lowest BCUT2D eigenvalue weighted by Gasteiger charge is -2.30. The smallest absolute Gasteiger partial charge is 0.109 e. The maximum atomic E-state index is 4.36. The molecule has 0 spiro atoms. The molecule has 1 N–H and O–H groups in total. The lowest BCUT2D eigenvalue weighted by Crippen LogP contribution is -2.42. The summed E-state index contributed by atoms with van der Waals surface area (Å²) in [5.74, 6) is 0. The van der Waals surface area contributed by atoms with Gasteiger partial charge in [-0.2, -0.15) is 0 Å². The molecule has 3 nitrogen and oxygen atoms in total. The molecule has 0 aliphatic carbocycles. The number of hydrogen-bond acceptors (Lipinski definition) is 4. The predicted octanol–water partition coefficient (Wildman–Crippen LogP) is 2.67. The number of likely N-dealkylation sites (tertiary alicyclic amines) is 1. The Balaban J connectivity index is 1.74. The van der Waals surface area contributed by atoms with Gasteiger partial charge >= 0.3 is 0 Å². The molecule has 1 aromatic rings. The van der Waals surface area contributed by atoms with Crippen molar-refractivity contribution in [3.63, 3.8) is 0 Å². The Kier molecular flexibility index (Phi) is 4.95. The first kappa shape index (κ1) is 13.0. The molecule has 2 unspecified atom stereocenters. The number of thiazole rings is 1. The third kappa shape index (κ3) is 4.05. The summed E-state index contributed by atoms with van der Waals surface area (Å²) in [6.07, 6.45) is 6.03. The van der Waals surface area contributed by atoms with Crippen LogP contribution in [0.2, 0.25) is 0 Å². The number of hydrogen-bond donors (Lipinski definition) is 1. The van der Waals surface area contributed by atoms with Crippen molar-refractivity contribution in [2.24, 2.45) is 0 Å². The summed E-state index contributed by atoms with van der Waals surface area (Å²) in [7, 11) is 0. The van der Waals surface area contributed by atoms with Gasteiger partial charge in [-0.25, -0.2) is 4.98 Å². The molecule has 1 aliphatic heterocycles. The van der Waals surface area contributed by atoms with Crippen molar-refractivity contribution in [2.45, 2.75) is 45.2 Å². The molecule has 0 radical (unpaired) electrons. The predicted molar refractivity (Wildman–Crippen MR) is 73.4 cm³/mol. The minimum atomic E-state index is 0.370. The van der Waals surface area contributed by atoms with Crippen molar-refractivity contribution >= 4 is 11.3 Å². The molecule has 2 heterocycles. The second kappa shape index (κ2) is 6.47. The van der Waals surface area contributed by atoms with Gasteiger partial charge < -0.3 is 10.2 Å². The number of nitrogens with one attached hydrogen (secondary N) is 1. The van der Waals surface area contributed by atoms with E-state index in [9.17, 15) is 0 Å². The maximum absolute atomic E-state index is 4.36. The summed E-state index contributed by atoms with van der Waals surface area (Å²) < 4.78 is 0. The molecule has 0 amide bonds. The van der Waals surface area contributed by atoms with Crippen molar-refractivity contribution in [1.29, 1.82) is 0 Å². The number of aromatic nitrogens is 1. The standard InChI is InChI=1S/C13H23N3S/c1-11(10-16-7-4-3-5-8-16)15-12(2)13-14-6-9-17-13/h6,9,11-12,15H,3-5,7-8,10H2,1-2H3. The topological polar surface area (TPSA) is 28.2 Å². The molecule has 2 rings (SSSR count). The van der Waals surface area contributed by atoms with E-state index in [1.807, 2.05) is 11.6 Å². The molecule has 2 atom stereocenters. The molecular formula is C13H23N3S. The summed E-state index contributed by atoms with van der Waals surface area (Å²) >= 11 is 1.73. The van der Waals surface area contributed by atoms with Gasteiger partial charge in [0.05, 0.1) is 6.04 Å². The van der Waals surface area contributed by atoms with Crippen LogP contribution in [0.3, 0.4) is 0 Å². The van der Waals surface area contributed by atoms with E-state index in [0.717, 1.165) is 6.54 Å². The van der Waals surface area contributed by atoms with E-state index in [0.29, 0.717) is 12.1 Å². The minimum absolute atomic E-state index is 0.370. The van der Waals surface area contributed by atoms with E-state index >= 15 is 0 Å². The zero-order valence-corrected chi connectivity index (χ0v) is 11.7. The average molecular weight is 253 g/mol. The van der Waals surface area contributed by atoms with Gasteiger partial charge in [0.1, 0.15) is 5.01 Å². The summed E-state index contributed by atoms with van der Waals surface area (Å²) in [5, 5.41) is 6.87. The molecule has 0 saturated carbocycles. The van der Waals surface area contributed by atoms with Crippen molar-refractivity contribution in [3.8, 4) is 0 Å². The Bertz CT molecular complexity index is 306. The van der Waals surface area contributed by atoms with Crippen LogP contribution >= 0.6 is 11.3 Å². The molecule has 0 aromatic carbocycles. The van der Waals surface area contributed by atoms with Gasteiger partial charge in [-0.05, 0) is 39.8 Å². The van der Waals surface area contributed by atoms with Crippen LogP contribution in [-0.4, -0.2) is 35.6 Å². The lowest BCUT2D eigenvalue weighted by molar-refractivity contribution is 0.205. The van der Waals surface area contributed by atoms with Crippen molar-refractivity contribution in [3.05, 3.63) is 16.6 Å². The molecule has 17 heavy (non-hydrogen) atoms. The van der Waals surface area contributed by atoms with Crippen molar-refractivity contribution in [1.82, 2.24) is 15.2 Å². The van der Waals surface area contributed by atoms with E-state index < -0.39 is 0 Å². The van der Waals surface area contributed by atoms with E-state index in [1.54, 1.807) is 11.3 Å². The third-order valence-corrected chi connectivity index (χ3v) is 4.30. The molecule has 1 fully saturated rings. The first-order valence-corrected chi connectivity index (χ1v) is 7.51. The third-order valence-electron chi connectivity index (χ3n) is 3.34. The first-order valence-electron chi connectivity index (χ1n) is 6.63. The second-order valence-electron chi connectivity index (χ2n) is 5.02. The van der Waals surface area contributed by atoms with Crippen LogP contribution in [0.25, 0.3) is 0 Å². The molecular weight excluding hydrogens is 230 g/mol. The van der Waals surface area contributed by atoms with Gasteiger partial charge in [0.2, 0.25) is 0 Å². The largest absolute Gasteiger partial charge is 0.304 e. The van der Waals surface area contributed by atoms with Crippen LogP contribution in [0.4, 0.5) is 0 Å². The Morgan fingerprint density at radius 2 is 2.12 bits per heavy atom. The van der Waals surface area contributed by atoms with E-state index in [4.69, 9.17) is 0 Å². The van der Waals surface area contributed by atoms with Crippen molar-refractivity contribution in [2.75, 3.05) is 19.6 Å². The van der Waals surface area contributed by atoms with Crippen LogP contribution in [0.1, 0.15) is 44.2 Å². The Labute approximate surface area is 108 Å². The van der Waals surface area contributed by atoms with Gasteiger partial charge in [0.25, 0.3) is 0 Å². The maximum Gasteiger partial charge on any atom is 0.109 e. The summed E-state index contributed by atoms with van der Waals surface area (Å²) in [4.78, 5) is 6.94.